The van der Waals surface area contributed by atoms with E-state index in [0.717, 1.165) is 19.5 Å². The molecule has 0 radical (unpaired) electrons. The lowest BCUT2D eigenvalue weighted by Gasteiger charge is -2.31. The van der Waals surface area contributed by atoms with Crippen LogP contribution in [0.4, 0.5) is 0 Å². The summed E-state index contributed by atoms with van der Waals surface area (Å²) >= 11 is 0. The highest BCUT2D eigenvalue weighted by atomic mass is 15.1. The van der Waals surface area contributed by atoms with E-state index in [0.29, 0.717) is 12.1 Å². The maximum absolute atomic E-state index is 3.58. The van der Waals surface area contributed by atoms with E-state index in [1.165, 1.54) is 11.1 Å². The third-order valence-electron chi connectivity index (χ3n) is 3.30. The maximum atomic E-state index is 3.58. The predicted molar refractivity (Wildman–Crippen MR) is 64.1 cm³/mol. The Kier molecular flexibility index (Phi) is 3.39. The van der Waals surface area contributed by atoms with E-state index in [1.54, 1.807) is 0 Å². The van der Waals surface area contributed by atoms with Crippen LogP contribution in [0.5, 0.6) is 0 Å². The number of hydrogen-bond acceptors (Lipinski definition) is 2. The van der Waals surface area contributed by atoms with Crippen LogP contribution in [-0.4, -0.2) is 25.2 Å². The summed E-state index contributed by atoms with van der Waals surface area (Å²) in [5.41, 5.74) is 2.86. The number of aryl methyl sites for hydroxylation is 1. The van der Waals surface area contributed by atoms with E-state index >= 15 is 0 Å². The molecule has 1 aromatic rings. The molecule has 1 aliphatic heterocycles. The van der Waals surface area contributed by atoms with Gasteiger partial charge in [-0.1, -0.05) is 24.3 Å². The second-order valence-corrected chi connectivity index (χ2v) is 4.43. The molecule has 2 heteroatoms. The molecular formula is C13H20N2. The molecule has 2 rings (SSSR count). The Bertz CT molecular complexity index is 322. The van der Waals surface area contributed by atoms with Crippen LogP contribution in [0.15, 0.2) is 24.3 Å². The molecule has 2 unspecified atom stereocenters. The summed E-state index contributed by atoms with van der Waals surface area (Å²) < 4.78 is 0. The lowest BCUT2D eigenvalue weighted by molar-refractivity contribution is 0.336. The van der Waals surface area contributed by atoms with Crippen molar-refractivity contribution >= 4 is 0 Å². The zero-order valence-electron chi connectivity index (χ0n) is 9.59. The molecule has 2 N–H and O–H groups in total. The molecule has 0 amide bonds. The highest BCUT2D eigenvalue weighted by Crippen LogP contribution is 2.12. The molecule has 1 saturated heterocycles. The van der Waals surface area contributed by atoms with Gasteiger partial charge in [-0.2, -0.15) is 0 Å². The standard InChI is InChI=1S/C13H20N2/c1-10-5-3-4-6-12(10)9-13-11(2)14-7-8-15-13/h3-6,11,13-15H,7-9H2,1-2H3. The number of benzene rings is 1. The van der Waals surface area contributed by atoms with Crippen LogP contribution >= 0.6 is 0 Å². The molecule has 15 heavy (non-hydrogen) atoms. The third kappa shape index (κ3) is 2.58. The lowest BCUT2D eigenvalue weighted by Crippen LogP contribution is -2.55. The summed E-state index contributed by atoms with van der Waals surface area (Å²) in [5, 5.41) is 7.09. The van der Waals surface area contributed by atoms with Gasteiger partial charge in [0.25, 0.3) is 0 Å². The van der Waals surface area contributed by atoms with Crippen molar-refractivity contribution in [1.82, 2.24) is 10.6 Å². The van der Waals surface area contributed by atoms with Gasteiger partial charge < -0.3 is 10.6 Å². The van der Waals surface area contributed by atoms with Crippen LogP contribution < -0.4 is 10.6 Å². The van der Waals surface area contributed by atoms with Crippen molar-refractivity contribution in [2.45, 2.75) is 32.4 Å². The minimum atomic E-state index is 0.568. The van der Waals surface area contributed by atoms with Gasteiger partial charge in [0.1, 0.15) is 0 Å². The van der Waals surface area contributed by atoms with Gasteiger partial charge in [0.15, 0.2) is 0 Å². The first-order valence-electron chi connectivity index (χ1n) is 5.78. The van der Waals surface area contributed by atoms with Gasteiger partial charge in [0, 0.05) is 25.2 Å². The van der Waals surface area contributed by atoms with E-state index in [4.69, 9.17) is 0 Å². The average molecular weight is 204 g/mol. The Labute approximate surface area is 92.1 Å². The number of rotatable bonds is 2. The summed E-state index contributed by atoms with van der Waals surface area (Å²) in [5.74, 6) is 0. The fourth-order valence-corrected chi connectivity index (χ4v) is 2.20. The molecule has 2 nitrogen and oxygen atoms in total. The summed E-state index contributed by atoms with van der Waals surface area (Å²) in [6.45, 7) is 6.62. The molecule has 0 aliphatic carbocycles. The van der Waals surface area contributed by atoms with Crippen molar-refractivity contribution in [1.29, 1.82) is 0 Å². The largest absolute Gasteiger partial charge is 0.311 e. The van der Waals surface area contributed by atoms with Crippen molar-refractivity contribution in [2.75, 3.05) is 13.1 Å². The fraction of sp³-hybridized carbons (Fsp3) is 0.538. The minimum Gasteiger partial charge on any atom is -0.311 e. The van der Waals surface area contributed by atoms with Crippen molar-refractivity contribution < 1.29 is 0 Å². The topological polar surface area (TPSA) is 24.1 Å². The summed E-state index contributed by atoms with van der Waals surface area (Å²) in [4.78, 5) is 0. The average Bonchev–Trinajstić information content (AvgIpc) is 2.24. The fourth-order valence-electron chi connectivity index (χ4n) is 2.20. The highest BCUT2D eigenvalue weighted by Gasteiger charge is 2.20. The van der Waals surface area contributed by atoms with Gasteiger partial charge in [-0.05, 0) is 31.4 Å². The zero-order chi connectivity index (χ0) is 10.7. The predicted octanol–water partition coefficient (Wildman–Crippen LogP) is 1.49. The van der Waals surface area contributed by atoms with Crippen molar-refractivity contribution in [3.63, 3.8) is 0 Å². The number of nitrogens with one attached hydrogen (secondary N) is 2. The lowest BCUT2D eigenvalue weighted by atomic mass is 9.96. The molecule has 0 bridgehead atoms. The summed E-state index contributed by atoms with van der Waals surface area (Å²) in [6.07, 6.45) is 1.13. The van der Waals surface area contributed by atoms with Gasteiger partial charge >= 0.3 is 0 Å². The molecule has 0 aromatic heterocycles. The highest BCUT2D eigenvalue weighted by molar-refractivity contribution is 5.26. The first-order chi connectivity index (χ1) is 7.27. The van der Waals surface area contributed by atoms with Gasteiger partial charge in [0.05, 0.1) is 0 Å². The Morgan fingerprint density at radius 1 is 1.20 bits per heavy atom. The Morgan fingerprint density at radius 3 is 2.67 bits per heavy atom. The van der Waals surface area contributed by atoms with Crippen LogP contribution in [-0.2, 0) is 6.42 Å². The third-order valence-corrected chi connectivity index (χ3v) is 3.30. The Morgan fingerprint density at radius 2 is 1.93 bits per heavy atom. The summed E-state index contributed by atoms with van der Waals surface area (Å²) in [7, 11) is 0. The second kappa shape index (κ2) is 4.77. The minimum absolute atomic E-state index is 0.568. The van der Waals surface area contributed by atoms with Crippen LogP contribution in [0.1, 0.15) is 18.1 Å². The normalized spacial score (nSPS) is 26.5. The molecule has 1 fully saturated rings. The molecule has 2 atom stereocenters. The summed E-state index contributed by atoms with van der Waals surface area (Å²) in [6, 6.07) is 9.80. The van der Waals surface area contributed by atoms with E-state index < -0.39 is 0 Å². The maximum Gasteiger partial charge on any atom is 0.0259 e. The number of hydrogen-bond donors (Lipinski definition) is 2. The SMILES string of the molecule is Cc1ccccc1CC1NCCNC1C. The van der Waals surface area contributed by atoms with E-state index in [9.17, 15) is 0 Å². The van der Waals surface area contributed by atoms with Crippen LogP contribution in [0.25, 0.3) is 0 Å². The molecule has 1 aliphatic rings. The van der Waals surface area contributed by atoms with E-state index in [2.05, 4.69) is 48.7 Å². The van der Waals surface area contributed by atoms with E-state index in [-0.39, 0.29) is 0 Å². The van der Waals surface area contributed by atoms with Crippen molar-refractivity contribution in [3.05, 3.63) is 35.4 Å². The van der Waals surface area contributed by atoms with Gasteiger partial charge in [0.2, 0.25) is 0 Å². The van der Waals surface area contributed by atoms with E-state index in [1.807, 2.05) is 0 Å². The van der Waals surface area contributed by atoms with Crippen LogP contribution in [0.2, 0.25) is 0 Å². The van der Waals surface area contributed by atoms with Crippen molar-refractivity contribution in [3.8, 4) is 0 Å². The van der Waals surface area contributed by atoms with Gasteiger partial charge in [-0.3, -0.25) is 0 Å². The first kappa shape index (κ1) is 10.7. The Balaban J connectivity index is 2.04. The molecule has 82 valence electrons. The van der Waals surface area contributed by atoms with Gasteiger partial charge in [-0.15, -0.1) is 0 Å². The monoisotopic (exact) mass is 204 g/mol. The second-order valence-electron chi connectivity index (χ2n) is 4.43. The van der Waals surface area contributed by atoms with Crippen LogP contribution in [0.3, 0.4) is 0 Å². The van der Waals surface area contributed by atoms with Crippen molar-refractivity contribution in [2.24, 2.45) is 0 Å². The molecular weight excluding hydrogens is 184 g/mol. The molecule has 0 saturated carbocycles. The number of piperazine rings is 1. The van der Waals surface area contributed by atoms with Gasteiger partial charge in [-0.25, -0.2) is 0 Å². The smallest absolute Gasteiger partial charge is 0.0259 e. The molecule has 1 heterocycles. The first-order valence-corrected chi connectivity index (χ1v) is 5.78. The Hall–Kier alpha value is -0.860. The quantitative estimate of drug-likeness (QED) is 0.762. The zero-order valence-corrected chi connectivity index (χ0v) is 9.59. The molecule has 1 aromatic carbocycles. The van der Waals surface area contributed by atoms with Crippen LogP contribution in [0, 0.1) is 6.92 Å². The molecule has 0 spiro atoms.